The Hall–Kier alpha value is -2.59. The van der Waals surface area contributed by atoms with Crippen LogP contribution in [-0.2, 0) is 14.8 Å². The van der Waals surface area contributed by atoms with E-state index in [0.717, 1.165) is 5.56 Å². The molecule has 170 valence electrons. The van der Waals surface area contributed by atoms with Crippen molar-refractivity contribution < 1.29 is 23.1 Å². The van der Waals surface area contributed by atoms with E-state index >= 15 is 0 Å². The predicted octanol–water partition coefficient (Wildman–Crippen LogP) is 1.69. The number of hydrogen-bond donors (Lipinski definition) is 3. The van der Waals surface area contributed by atoms with Gasteiger partial charge in [-0.2, -0.15) is 4.31 Å². The van der Waals surface area contributed by atoms with E-state index in [-0.39, 0.29) is 16.6 Å². The van der Waals surface area contributed by atoms with E-state index in [1.54, 1.807) is 48.5 Å². The summed E-state index contributed by atoms with van der Waals surface area (Å²) in [5.74, 6) is -0.570. The van der Waals surface area contributed by atoms with Gasteiger partial charge in [0.2, 0.25) is 15.9 Å². The van der Waals surface area contributed by atoms with Crippen molar-refractivity contribution in [3.05, 3.63) is 59.7 Å². The van der Waals surface area contributed by atoms with Crippen LogP contribution < -0.4 is 10.6 Å². The van der Waals surface area contributed by atoms with Crippen LogP contribution in [0, 0.1) is 6.92 Å². The van der Waals surface area contributed by atoms with E-state index < -0.39 is 28.2 Å². The molecule has 2 heterocycles. The summed E-state index contributed by atoms with van der Waals surface area (Å²) in [6, 6.07) is 11.9. The van der Waals surface area contributed by atoms with Gasteiger partial charge in [-0.3, -0.25) is 9.59 Å². The predicted molar refractivity (Wildman–Crippen MR) is 120 cm³/mol. The highest BCUT2D eigenvalue weighted by Crippen LogP contribution is 2.29. The van der Waals surface area contributed by atoms with Crippen LogP contribution in [0.4, 0.5) is 5.69 Å². The molecule has 0 bridgehead atoms. The molecule has 0 spiro atoms. The van der Waals surface area contributed by atoms with Crippen LogP contribution in [0.1, 0.15) is 35.2 Å². The quantitative estimate of drug-likeness (QED) is 0.569. The molecule has 0 radical (unpaired) electrons. The summed E-state index contributed by atoms with van der Waals surface area (Å²) in [7, 11) is -3.79. The second-order valence-electron chi connectivity index (χ2n) is 8.37. The number of aliphatic hydroxyl groups is 1. The van der Waals surface area contributed by atoms with E-state index in [9.17, 15) is 23.1 Å². The number of benzene rings is 2. The maximum absolute atomic E-state index is 13.3. The van der Waals surface area contributed by atoms with E-state index in [1.165, 1.54) is 4.31 Å². The topological polar surface area (TPSA) is 116 Å². The van der Waals surface area contributed by atoms with Gasteiger partial charge in [0.25, 0.3) is 0 Å². The lowest BCUT2D eigenvalue weighted by atomic mass is 10.0. The van der Waals surface area contributed by atoms with Crippen LogP contribution in [0.5, 0.6) is 0 Å². The second kappa shape index (κ2) is 9.11. The Balaban J connectivity index is 1.51. The Morgan fingerprint density at radius 2 is 1.91 bits per heavy atom. The third kappa shape index (κ3) is 4.61. The number of anilines is 1. The van der Waals surface area contributed by atoms with Crippen molar-refractivity contribution in [2.75, 3.05) is 18.4 Å². The number of Topliss-reactive ketones (excluding diaryl/α,β-unsaturated/α-hetero) is 1. The molecule has 2 aromatic carbocycles. The van der Waals surface area contributed by atoms with Gasteiger partial charge in [0.15, 0.2) is 5.78 Å². The van der Waals surface area contributed by atoms with Gasteiger partial charge in [-0.25, -0.2) is 8.42 Å². The van der Waals surface area contributed by atoms with Gasteiger partial charge in [-0.05, 0) is 50.5 Å². The Morgan fingerprint density at radius 1 is 1.16 bits per heavy atom. The number of carbonyl (C=O) groups is 2. The second-order valence-corrected chi connectivity index (χ2v) is 10.3. The molecule has 32 heavy (non-hydrogen) atoms. The first-order valence-electron chi connectivity index (χ1n) is 10.7. The van der Waals surface area contributed by atoms with Crippen molar-refractivity contribution >= 4 is 27.4 Å². The number of nitrogens with one attached hydrogen (secondary N) is 2. The highest BCUT2D eigenvalue weighted by atomic mass is 32.2. The molecule has 9 heteroatoms. The van der Waals surface area contributed by atoms with Crippen LogP contribution in [0.25, 0.3) is 0 Å². The largest absolute Gasteiger partial charge is 0.392 e. The molecular formula is C23H27N3O5S. The lowest BCUT2D eigenvalue weighted by Gasteiger charge is -2.23. The smallest absolute Gasteiger partial charge is 0.243 e. The Kier molecular flexibility index (Phi) is 6.43. The van der Waals surface area contributed by atoms with Crippen LogP contribution in [0.3, 0.4) is 0 Å². The van der Waals surface area contributed by atoms with Gasteiger partial charge < -0.3 is 15.7 Å². The number of nitrogens with zero attached hydrogens (tertiary/aromatic N) is 1. The van der Waals surface area contributed by atoms with E-state index in [2.05, 4.69) is 10.6 Å². The molecule has 1 unspecified atom stereocenters. The molecule has 2 aliphatic rings. The van der Waals surface area contributed by atoms with Gasteiger partial charge in [0.05, 0.1) is 23.1 Å². The minimum Gasteiger partial charge on any atom is -0.392 e. The number of aliphatic hydroxyl groups excluding tert-OH is 1. The van der Waals surface area contributed by atoms with Crippen molar-refractivity contribution in [2.24, 2.45) is 0 Å². The lowest BCUT2D eigenvalue weighted by molar-refractivity contribution is -0.117. The maximum Gasteiger partial charge on any atom is 0.243 e. The highest BCUT2D eigenvalue weighted by Gasteiger charge is 2.39. The molecule has 3 atom stereocenters. The van der Waals surface area contributed by atoms with E-state index in [0.29, 0.717) is 43.6 Å². The molecule has 1 amide bonds. The Labute approximate surface area is 187 Å². The zero-order chi connectivity index (χ0) is 22.9. The zero-order valence-corrected chi connectivity index (χ0v) is 18.6. The summed E-state index contributed by atoms with van der Waals surface area (Å²) in [6.07, 6.45) is 0.832. The van der Waals surface area contributed by atoms with Gasteiger partial charge in [0, 0.05) is 24.3 Å². The number of amides is 1. The number of β-amino-alcohol motifs (C(OH)–C–C–N with tert-alkyl or cyclic N) is 1. The van der Waals surface area contributed by atoms with Crippen molar-refractivity contribution in [1.82, 2.24) is 9.62 Å². The summed E-state index contributed by atoms with van der Waals surface area (Å²) in [6.45, 7) is 2.54. The number of ketones is 1. The summed E-state index contributed by atoms with van der Waals surface area (Å²) in [5, 5.41) is 15.3. The molecule has 0 saturated carbocycles. The Morgan fingerprint density at radius 3 is 2.59 bits per heavy atom. The molecule has 3 N–H and O–H groups in total. The monoisotopic (exact) mass is 457 g/mol. The maximum atomic E-state index is 13.3. The van der Waals surface area contributed by atoms with Gasteiger partial charge in [-0.1, -0.05) is 29.8 Å². The van der Waals surface area contributed by atoms with Crippen LogP contribution in [-0.4, -0.2) is 60.8 Å². The molecule has 2 aromatic rings. The first-order chi connectivity index (χ1) is 15.3. The van der Waals surface area contributed by atoms with Crippen molar-refractivity contribution in [3.63, 3.8) is 0 Å². The Bertz CT molecular complexity index is 1120. The standard InChI is InChI=1S/C23H27N3O5S/c1-15-7-9-19(10-8-15)32(30,31)26-11-3-6-21(26)22(28)16-4-2-5-17(12-16)25-23(29)20-13-18(27)14-24-20/h2,4-5,7-10,12,18,20-21,24,27H,3,6,11,13-14H2,1H3,(H,25,29)/t18?,20-,21-/m0/s1. The fourth-order valence-electron chi connectivity index (χ4n) is 4.22. The first kappa shape index (κ1) is 22.6. The minimum absolute atomic E-state index is 0.176. The van der Waals surface area contributed by atoms with Gasteiger partial charge in [-0.15, -0.1) is 0 Å². The summed E-state index contributed by atoms with van der Waals surface area (Å²) < 4.78 is 27.6. The van der Waals surface area contributed by atoms with Crippen molar-refractivity contribution in [3.8, 4) is 0 Å². The van der Waals surface area contributed by atoms with E-state index in [1.807, 2.05) is 6.92 Å². The number of rotatable bonds is 6. The van der Waals surface area contributed by atoms with Gasteiger partial charge in [0.1, 0.15) is 0 Å². The molecule has 2 saturated heterocycles. The fourth-order valence-corrected chi connectivity index (χ4v) is 5.88. The van der Waals surface area contributed by atoms with Crippen molar-refractivity contribution in [1.29, 1.82) is 0 Å². The minimum atomic E-state index is -3.79. The molecular weight excluding hydrogens is 430 g/mol. The normalized spacial score (nSPS) is 23.9. The van der Waals surface area contributed by atoms with Crippen LogP contribution >= 0.6 is 0 Å². The van der Waals surface area contributed by atoms with Gasteiger partial charge >= 0.3 is 0 Å². The average Bonchev–Trinajstić information content (AvgIpc) is 3.43. The first-order valence-corrected chi connectivity index (χ1v) is 12.1. The third-order valence-corrected chi connectivity index (χ3v) is 7.90. The third-order valence-electron chi connectivity index (χ3n) is 5.97. The summed E-state index contributed by atoms with van der Waals surface area (Å²) >= 11 is 0. The summed E-state index contributed by atoms with van der Waals surface area (Å²) in [4.78, 5) is 25.8. The molecule has 2 fully saturated rings. The number of aryl methyl sites for hydroxylation is 1. The lowest BCUT2D eigenvalue weighted by Crippen LogP contribution is -2.40. The molecule has 0 aromatic heterocycles. The molecule has 4 rings (SSSR count). The summed E-state index contributed by atoms with van der Waals surface area (Å²) in [5.41, 5.74) is 1.76. The highest BCUT2D eigenvalue weighted by molar-refractivity contribution is 7.89. The molecule has 8 nitrogen and oxygen atoms in total. The van der Waals surface area contributed by atoms with Crippen LogP contribution in [0.2, 0.25) is 0 Å². The number of hydrogen-bond acceptors (Lipinski definition) is 6. The van der Waals surface area contributed by atoms with Crippen LogP contribution in [0.15, 0.2) is 53.4 Å². The van der Waals surface area contributed by atoms with E-state index in [4.69, 9.17) is 0 Å². The average molecular weight is 458 g/mol. The fraction of sp³-hybridized carbons (Fsp3) is 0.391. The number of carbonyl (C=O) groups excluding carboxylic acids is 2. The molecule has 0 aliphatic carbocycles. The van der Waals surface area contributed by atoms with Crippen molar-refractivity contribution in [2.45, 2.75) is 49.3 Å². The number of sulfonamides is 1. The molecule has 2 aliphatic heterocycles. The SMILES string of the molecule is Cc1ccc(S(=O)(=O)N2CCC[C@H]2C(=O)c2cccc(NC(=O)[C@@H]3CC(O)CN3)c2)cc1. The zero-order valence-electron chi connectivity index (χ0n) is 17.8.